The zero-order valence-electron chi connectivity index (χ0n) is 16.8. The summed E-state index contributed by atoms with van der Waals surface area (Å²) in [5.74, 6) is -1.77. The van der Waals surface area contributed by atoms with Gasteiger partial charge >= 0.3 is 12.1 Å². The van der Waals surface area contributed by atoms with Crippen LogP contribution < -0.4 is 5.32 Å². The van der Waals surface area contributed by atoms with Gasteiger partial charge in [0.2, 0.25) is 11.8 Å². The first kappa shape index (κ1) is 22.0. The molecule has 0 spiro atoms. The average molecular weight is 397 g/mol. The van der Waals surface area contributed by atoms with Crippen LogP contribution in [0.3, 0.4) is 0 Å². The smallest absolute Gasteiger partial charge is 0.407 e. The Bertz CT molecular complexity index is 610. The highest BCUT2D eigenvalue weighted by Gasteiger charge is 2.44. The van der Waals surface area contributed by atoms with Crippen molar-refractivity contribution in [2.24, 2.45) is 5.92 Å². The molecule has 4 atom stereocenters. The highest BCUT2D eigenvalue weighted by Crippen LogP contribution is 2.26. The van der Waals surface area contributed by atoms with Crippen LogP contribution in [-0.4, -0.2) is 76.6 Å². The van der Waals surface area contributed by atoms with Crippen molar-refractivity contribution in [2.45, 2.75) is 71.0 Å². The first-order valence-corrected chi connectivity index (χ1v) is 10.1. The molecule has 0 bridgehead atoms. The van der Waals surface area contributed by atoms with E-state index in [0.717, 1.165) is 0 Å². The molecule has 2 rings (SSSR count). The van der Waals surface area contributed by atoms with Gasteiger partial charge in [0, 0.05) is 13.1 Å². The summed E-state index contributed by atoms with van der Waals surface area (Å²) in [6.45, 7) is 6.48. The Hall–Kier alpha value is -2.32. The van der Waals surface area contributed by atoms with Gasteiger partial charge in [0.05, 0.1) is 6.61 Å². The lowest BCUT2D eigenvalue weighted by Crippen LogP contribution is -2.56. The van der Waals surface area contributed by atoms with Crippen LogP contribution in [0, 0.1) is 5.92 Å². The predicted molar refractivity (Wildman–Crippen MR) is 101 cm³/mol. The molecule has 3 amide bonds. The molecule has 2 aliphatic rings. The molecule has 2 aliphatic heterocycles. The van der Waals surface area contributed by atoms with Crippen molar-refractivity contribution in [1.82, 2.24) is 15.1 Å². The van der Waals surface area contributed by atoms with E-state index < -0.39 is 30.2 Å². The van der Waals surface area contributed by atoms with Gasteiger partial charge in [0.15, 0.2) is 0 Å². The molecule has 0 aromatic heterocycles. The van der Waals surface area contributed by atoms with E-state index in [9.17, 15) is 24.3 Å². The second-order valence-electron chi connectivity index (χ2n) is 7.45. The summed E-state index contributed by atoms with van der Waals surface area (Å²) >= 11 is 0. The number of alkyl carbamates (subject to hydrolysis) is 1. The lowest BCUT2D eigenvalue weighted by Gasteiger charge is -2.33. The number of rotatable bonds is 7. The molecular formula is C19H31N3O6. The third-order valence-electron chi connectivity index (χ3n) is 5.67. The van der Waals surface area contributed by atoms with Crippen LogP contribution in [0.15, 0.2) is 0 Å². The number of carbonyl (C=O) groups excluding carboxylic acids is 3. The molecule has 0 aliphatic carbocycles. The van der Waals surface area contributed by atoms with Gasteiger partial charge in [0.1, 0.15) is 18.1 Å². The van der Waals surface area contributed by atoms with Gasteiger partial charge in [-0.3, -0.25) is 9.59 Å². The summed E-state index contributed by atoms with van der Waals surface area (Å²) in [5, 5.41) is 12.0. The minimum absolute atomic E-state index is 0.133. The van der Waals surface area contributed by atoms with Crippen LogP contribution in [0.25, 0.3) is 0 Å². The number of likely N-dealkylation sites (tertiary alicyclic amines) is 2. The molecule has 9 nitrogen and oxygen atoms in total. The van der Waals surface area contributed by atoms with Gasteiger partial charge in [-0.1, -0.05) is 20.3 Å². The minimum Gasteiger partial charge on any atom is -0.480 e. The van der Waals surface area contributed by atoms with E-state index in [1.54, 1.807) is 6.92 Å². The third kappa shape index (κ3) is 4.74. The highest BCUT2D eigenvalue weighted by molar-refractivity contribution is 5.93. The molecule has 158 valence electrons. The van der Waals surface area contributed by atoms with Crippen molar-refractivity contribution < 1.29 is 29.0 Å². The number of nitrogens with zero attached hydrogens (tertiary/aromatic N) is 2. The zero-order chi connectivity index (χ0) is 20.8. The standard InChI is InChI=1S/C19H31N3O6/c1-4-12(3)15(20-19(27)28-5-2)17(24)21-10-6-8-13(21)16(23)22-11-7-9-14(22)18(25)26/h12-15H,4-11H2,1-3H3,(H,20,27)(H,25,26)/t12-,13-,14-,15-/m0/s1. The molecule has 9 heteroatoms. The quantitative estimate of drug-likeness (QED) is 0.667. The maximum Gasteiger partial charge on any atom is 0.407 e. The predicted octanol–water partition coefficient (Wildman–Crippen LogP) is 1.21. The first-order chi connectivity index (χ1) is 13.3. The van der Waals surface area contributed by atoms with E-state index in [4.69, 9.17) is 4.74 Å². The van der Waals surface area contributed by atoms with Gasteiger partial charge in [-0.25, -0.2) is 9.59 Å². The van der Waals surface area contributed by atoms with Crippen molar-refractivity contribution in [3.05, 3.63) is 0 Å². The van der Waals surface area contributed by atoms with Crippen LogP contribution in [0.5, 0.6) is 0 Å². The molecular weight excluding hydrogens is 366 g/mol. The minimum atomic E-state index is -1.01. The van der Waals surface area contributed by atoms with Crippen molar-refractivity contribution in [3.63, 3.8) is 0 Å². The number of ether oxygens (including phenoxy) is 1. The summed E-state index contributed by atoms with van der Waals surface area (Å²) in [7, 11) is 0. The molecule has 28 heavy (non-hydrogen) atoms. The Morgan fingerprint density at radius 1 is 1.07 bits per heavy atom. The van der Waals surface area contributed by atoms with Crippen molar-refractivity contribution >= 4 is 23.9 Å². The Morgan fingerprint density at radius 2 is 1.68 bits per heavy atom. The highest BCUT2D eigenvalue weighted by atomic mass is 16.5. The number of hydrogen-bond acceptors (Lipinski definition) is 5. The van der Waals surface area contributed by atoms with Crippen LogP contribution >= 0.6 is 0 Å². The summed E-state index contributed by atoms with van der Waals surface area (Å²) in [4.78, 5) is 52.4. The third-order valence-corrected chi connectivity index (χ3v) is 5.67. The zero-order valence-corrected chi connectivity index (χ0v) is 16.8. The van der Waals surface area contributed by atoms with Gasteiger partial charge < -0.3 is 25.0 Å². The Kier molecular flexibility index (Phi) is 7.65. The van der Waals surface area contributed by atoms with Gasteiger partial charge in [-0.15, -0.1) is 0 Å². The number of carboxylic acid groups (broad SMARTS) is 1. The second-order valence-corrected chi connectivity index (χ2v) is 7.45. The topological polar surface area (TPSA) is 116 Å². The number of hydrogen-bond donors (Lipinski definition) is 2. The van der Waals surface area contributed by atoms with Crippen LogP contribution in [0.2, 0.25) is 0 Å². The second kappa shape index (κ2) is 9.75. The molecule has 0 radical (unpaired) electrons. The fraction of sp³-hybridized carbons (Fsp3) is 0.789. The van der Waals surface area contributed by atoms with Crippen LogP contribution in [0.1, 0.15) is 52.9 Å². The van der Waals surface area contributed by atoms with E-state index in [0.29, 0.717) is 45.2 Å². The van der Waals surface area contributed by atoms with Crippen LogP contribution in [-0.2, 0) is 19.1 Å². The van der Waals surface area contributed by atoms with E-state index in [1.165, 1.54) is 9.80 Å². The van der Waals surface area contributed by atoms with Gasteiger partial charge in [0.25, 0.3) is 0 Å². The number of carboxylic acids is 1. The molecule has 2 N–H and O–H groups in total. The maximum absolute atomic E-state index is 13.2. The largest absolute Gasteiger partial charge is 0.480 e. The Balaban J connectivity index is 2.16. The fourth-order valence-electron chi connectivity index (χ4n) is 3.93. The SMILES string of the molecule is CCOC(=O)N[C@H](C(=O)N1CCC[C@H]1C(=O)N1CCC[C@H]1C(=O)O)[C@@H](C)CC. The summed E-state index contributed by atoms with van der Waals surface area (Å²) in [5.41, 5.74) is 0. The number of amides is 3. The van der Waals surface area contributed by atoms with E-state index in [-0.39, 0.29) is 24.3 Å². The first-order valence-electron chi connectivity index (χ1n) is 10.1. The normalized spacial score (nSPS) is 24.0. The maximum atomic E-state index is 13.2. The van der Waals surface area contributed by atoms with Crippen LogP contribution in [0.4, 0.5) is 4.79 Å². The molecule has 0 saturated carbocycles. The lowest BCUT2D eigenvalue weighted by molar-refractivity contribution is -0.152. The van der Waals surface area contributed by atoms with Crippen molar-refractivity contribution in [2.75, 3.05) is 19.7 Å². The molecule has 2 heterocycles. The molecule has 0 aromatic carbocycles. The average Bonchev–Trinajstić information content (AvgIpc) is 3.34. The monoisotopic (exact) mass is 397 g/mol. The van der Waals surface area contributed by atoms with Gasteiger partial charge in [-0.05, 0) is 38.5 Å². The lowest BCUT2D eigenvalue weighted by atomic mass is 9.97. The summed E-state index contributed by atoms with van der Waals surface area (Å²) in [6.07, 6.45) is 2.25. The van der Waals surface area contributed by atoms with Crippen molar-refractivity contribution in [1.29, 1.82) is 0 Å². The number of aliphatic carboxylic acids is 1. The van der Waals surface area contributed by atoms with E-state index >= 15 is 0 Å². The number of carbonyl (C=O) groups is 4. The summed E-state index contributed by atoms with van der Waals surface area (Å²) < 4.78 is 4.91. The van der Waals surface area contributed by atoms with E-state index in [1.807, 2.05) is 13.8 Å². The Morgan fingerprint density at radius 3 is 2.25 bits per heavy atom. The summed E-state index contributed by atoms with van der Waals surface area (Å²) in [6, 6.07) is -2.29. The fourth-order valence-corrected chi connectivity index (χ4v) is 3.93. The molecule has 0 unspecified atom stereocenters. The molecule has 2 fully saturated rings. The van der Waals surface area contributed by atoms with Gasteiger partial charge in [-0.2, -0.15) is 0 Å². The van der Waals surface area contributed by atoms with Crippen molar-refractivity contribution in [3.8, 4) is 0 Å². The van der Waals surface area contributed by atoms with E-state index in [2.05, 4.69) is 5.32 Å². The number of nitrogens with one attached hydrogen (secondary N) is 1. The Labute approximate surface area is 165 Å². The molecule has 2 saturated heterocycles. The molecule has 0 aromatic rings.